The summed E-state index contributed by atoms with van der Waals surface area (Å²) in [5, 5.41) is 13.8. The first-order valence-corrected chi connectivity index (χ1v) is 10.2. The van der Waals surface area contributed by atoms with Crippen LogP contribution in [0.1, 0.15) is 30.5 Å². The largest absolute Gasteiger partial charge is 0.507 e. The Kier molecular flexibility index (Phi) is 6.09. The molecule has 0 radical (unpaired) electrons. The molecule has 5 nitrogen and oxygen atoms in total. The van der Waals surface area contributed by atoms with E-state index in [1.165, 1.54) is 11.8 Å². The number of phenolic OH excluding ortho intramolecular Hbond substituents is 1. The highest BCUT2D eigenvalue weighted by Gasteiger charge is 2.24. The predicted molar refractivity (Wildman–Crippen MR) is 118 cm³/mol. The normalized spacial score (nSPS) is 16.6. The lowest BCUT2D eigenvalue weighted by Gasteiger charge is -2.21. The van der Waals surface area contributed by atoms with E-state index in [1.807, 2.05) is 44.2 Å². The van der Waals surface area contributed by atoms with Gasteiger partial charge < -0.3 is 15.3 Å². The molecule has 146 valence electrons. The maximum atomic E-state index is 12.3. The second-order valence-electron chi connectivity index (χ2n) is 6.69. The molecular weight excluding hydrogens is 370 g/mol. The summed E-state index contributed by atoms with van der Waals surface area (Å²) in [5.74, 6) is -0.0495. The van der Waals surface area contributed by atoms with Crippen LogP contribution in [0, 0.1) is 13.8 Å². The highest BCUT2D eigenvalue weighted by molar-refractivity contribution is 8.18. The molecule has 0 aliphatic carbocycles. The van der Waals surface area contributed by atoms with Gasteiger partial charge in [0.1, 0.15) is 5.75 Å². The fourth-order valence-electron chi connectivity index (χ4n) is 3.01. The fourth-order valence-corrected chi connectivity index (χ4v) is 3.84. The molecule has 3 rings (SSSR count). The summed E-state index contributed by atoms with van der Waals surface area (Å²) in [4.78, 5) is 19.6. The Labute approximate surface area is 170 Å². The number of carbonyl (C=O) groups is 1. The number of rotatable bonds is 5. The number of carbonyl (C=O) groups excluding carboxylic acids is 1. The van der Waals surface area contributed by atoms with E-state index in [1.54, 1.807) is 12.1 Å². The van der Waals surface area contributed by atoms with Crippen molar-refractivity contribution in [1.82, 2.24) is 5.32 Å². The molecule has 0 atom stereocenters. The zero-order valence-corrected chi connectivity index (χ0v) is 17.4. The average Bonchev–Trinajstić information content (AvgIpc) is 3.00. The number of aromatic hydroxyl groups is 1. The van der Waals surface area contributed by atoms with Crippen LogP contribution in [-0.2, 0) is 4.79 Å². The molecule has 0 bridgehead atoms. The van der Waals surface area contributed by atoms with E-state index in [0.717, 1.165) is 35.6 Å². The average molecular weight is 396 g/mol. The number of amides is 1. The molecule has 6 heteroatoms. The molecule has 2 N–H and O–H groups in total. The molecule has 2 aromatic rings. The maximum absolute atomic E-state index is 12.3. The number of thioether (sulfide) groups is 1. The Bertz CT molecular complexity index is 962. The number of phenols is 1. The van der Waals surface area contributed by atoms with Gasteiger partial charge in [0.15, 0.2) is 5.17 Å². The highest BCUT2D eigenvalue weighted by atomic mass is 32.2. The summed E-state index contributed by atoms with van der Waals surface area (Å²) in [6.07, 6.45) is 1.70. The van der Waals surface area contributed by atoms with Crippen LogP contribution in [0.5, 0.6) is 5.75 Å². The quantitative estimate of drug-likeness (QED) is 0.717. The molecule has 1 fully saturated rings. The number of benzene rings is 2. The van der Waals surface area contributed by atoms with Crippen LogP contribution < -0.4 is 10.2 Å². The Morgan fingerprint density at radius 3 is 2.57 bits per heavy atom. The zero-order chi connectivity index (χ0) is 20.3. The summed E-state index contributed by atoms with van der Waals surface area (Å²) in [5.41, 5.74) is 4.59. The van der Waals surface area contributed by atoms with Crippen LogP contribution >= 0.6 is 11.8 Å². The van der Waals surface area contributed by atoms with Gasteiger partial charge >= 0.3 is 0 Å². The third-order valence-corrected chi connectivity index (χ3v) is 5.58. The molecular formula is C22H25N3O2S. The third-order valence-electron chi connectivity index (χ3n) is 4.67. The minimum absolute atomic E-state index is 0.158. The number of aliphatic imine (C=N–C) groups is 1. The van der Waals surface area contributed by atoms with E-state index < -0.39 is 0 Å². The molecule has 28 heavy (non-hydrogen) atoms. The molecule has 0 unspecified atom stereocenters. The van der Waals surface area contributed by atoms with E-state index in [4.69, 9.17) is 0 Å². The van der Waals surface area contributed by atoms with Crippen molar-refractivity contribution in [2.24, 2.45) is 4.99 Å². The van der Waals surface area contributed by atoms with Crippen LogP contribution in [-0.4, -0.2) is 29.3 Å². The molecule has 0 saturated carbocycles. The standard InChI is InChI=1S/C22H25N3O2S/c1-5-25(6-2)17-10-9-16(19(26)13-17)12-20-21(27)24-22(28-20)23-18-11-14(3)7-8-15(18)4/h7-13,26H,5-6H2,1-4H3,(H,23,24,27)/b20-12-. The molecule has 0 aromatic heterocycles. The van der Waals surface area contributed by atoms with Crippen molar-refractivity contribution in [2.75, 3.05) is 18.0 Å². The number of hydrogen-bond donors (Lipinski definition) is 2. The van der Waals surface area contributed by atoms with E-state index >= 15 is 0 Å². The summed E-state index contributed by atoms with van der Waals surface area (Å²) in [6.45, 7) is 9.89. The van der Waals surface area contributed by atoms with Gasteiger partial charge in [-0.05, 0) is 74.9 Å². The third kappa shape index (κ3) is 4.39. The maximum Gasteiger partial charge on any atom is 0.264 e. The van der Waals surface area contributed by atoms with Crippen molar-refractivity contribution in [1.29, 1.82) is 0 Å². The van der Waals surface area contributed by atoms with Crippen molar-refractivity contribution < 1.29 is 9.90 Å². The van der Waals surface area contributed by atoms with Crippen LogP contribution in [0.4, 0.5) is 11.4 Å². The molecule has 1 heterocycles. The van der Waals surface area contributed by atoms with Crippen LogP contribution in [0.15, 0.2) is 46.3 Å². The first kappa shape index (κ1) is 20.0. The minimum Gasteiger partial charge on any atom is -0.507 e. The summed E-state index contributed by atoms with van der Waals surface area (Å²) in [6, 6.07) is 11.6. The van der Waals surface area contributed by atoms with E-state index in [-0.39, 0.29) is 11.7 Å². The second kappa shape index (κ2) is 8.52. The van der Waals surface area contributed by atoms with Crippen molar-refractivity contribution in [3.63, 3.8) is 0 Å². The molecule has 1 amide bonds. The number of aryl methyl sites for hydroxylation is 2. The van der Waals surface area contributed by atoms with Gasteiger partial charge in [-0.15, -0.1) is 0 Å². The van der Waals surface area contributed by atoms with E-state index in [0.29, 0.717) is 15.6 Å². The molecule has 1 aliphatic rings. The van der Waals surface area contributed by atoms with Gasteiger partial charge in [-0.2, -0.15) is 0 Å². The van der Waals surface area contributed by atoms with Crippen molar-refractivity contribution >= 4 is 40.3 Å². The molecule has 1 aliphatic heterocycles. The molecule has 1 saturated heterocycles. The van der Waals surface area contributed by atoms with E-state index in [9.17, 15) is 9.90 Å². The first-order valence-electron chi connectivity index (χ1n) is 9.36. The van der Waals surface area contributed by atoms with Gasteiger partial charge in [0, 0.05) is 30.4 Å². The summed E-state index contributed by atoms with van der Waals surface area (Å²) in [7, 11) is 0. The Morgan fingerprint density at radius 1 is 1.14 bits per heavy atom. The Balaban J connectivity index is 1.85. The van der Waals surface area contributed by atoms with Crippen molar-refractivity contribution in [2.45, 2.75) is 27.7 Å². The lowest BCUT2D eigenvalue weighted by atomic mass is 10.1. The highest BCUT2D eigenvalue weighted by Crippen LogP contribution is 2.32. The van der Waals surface area contributed by atoms with Crippen LogP contribution in [0.25, 0.3) is 6.08 Å². The monoisotopic (exact) mass is 395 g/mol. The van der Waals surface area contributed by atoms with E-state index in [2.05, 4.69) is 29.1 Å². The van der Waals surface area contributed by atoms with Gasteiger partial charge in [-0.3, -0.25) is 4.79 Å². The second-order valence-corrected chi connectivity index (χ2v) is 7.72. The number of amidine groups is 1. The number of anilines is 1. The number of hydrogen-bond acceptors (Lipinski definition) is 5. The first-order chi connectivity index (χ1) is 13.4. The predicted octanol–water partition coefficient (Wildman–Crippen LogP) is 4.75. The summed E-state index contributed by atoms with van der Waals surface area (Å²) < 4.78 is 0. The van der Waals surface area contributed by atoms with Gasteiger partial charge in [0.2, 0.25) is 0 Å². The SMILES string of the molecule is CCN(CC)c1ccc(/C=C2\SC(=Nc3cc(C)ccc3C)NC2=O)c(O)c1. The smallest absolute Gasteiger partial charge is 0.264 e. The zero-order valence-electron chi connectivity index (χ0n) is 16.6. The van der Waals surface area contributed by atoms with Crippen molar-refractivity contribution in [3.8, 4) is 5.75 Å². The van der Waals surface area contributed by atoms with Gasteiger partial charge in [0.25, 0.3) is 5.91 Å². The van der Waals surface area contributed by atoms with Gasteiger partial charge in [-0.25, -0.2) is 4.99 Å². The van der Waals surface area contributed by atoms with Crippen LogP contribution in [0.2, 0.25) is 0 Å². The lowest BCUT2D eigenvalue weighted by molar-refractivity contribution is -0.115. The molecule has 2 aromatic carbocycles. The Hall–Kier alpha value is -2.73. The summed E-state index contributed by atoms with van der Waals surface area (Å²) >= 11 is 1.28. The Morgan fingerprint density at radius 2 is 1.89 bits per heavy atom. The fraction of sp³-hybridized carbons (Fsp3) is 0.273. The van der Waals surface area contributed by atoms with Crippen LogP contribution in [0.3, 0.4) is 0 Å². The minimum atomic E-state index is -0.207. The topological polar surface area (TPSA) is 64.9 Å². The van der Waals surface area contributed by atoms with Gasteiger partial charge in [-0.1, -0.05) is 12.1 Å². The van der Waals surface area contributed by atoms with Crippen molar-refractivity contribution in [3.05, 3.63) is 58.0 Å². The lowest BCUT2D eigenvalue weighted by Crippen LogP contribution is -2.21. The van der Waals surface area contributed by atoms with Gasteiger partial charge in [0.05, 0.1) is 10.6 Å². The number of nitrogens with one attached hydrogen (secondary N) is 1. The number of nitrogens with zero attached hydrogens (tertiary/aromatic N) is 2. The molecule has 0 spiro atoms.